The Hall–Kier alpha value is -5.05. The zero-order valence-electron chi connectivity index (χ0n) is 42.6. The highest BCUT2D eigenvalue weighted by Gasteiger charge is 2.80. The van der Waals surface area contributed by atoms with Crippen LogP contribution in [0.25, 0.3) is 0 Å². The fraction of sp³-hybridized carbons (Fsp3) is 0.582. The van der Waals surface area contributed by atoms with Gasteiger partial charge in [0, 0.05) is 71.2 Å². The molecule has 10 rings (SSSR count). The molecular formula is C55H61F4NO13S2. The number of nitrogens with zero attached hydrogens (tertiary/aromatic N) is 1. The van der Waals surface area contributed by atoms with Crippen molar-refractivity contribution >= 4 is 63.4 Å². The summed E-state index contributed by atoms with van der Waals surface area (Å²) in [4.78, 5) is 91.4. The number of rotatable bonds is 6. The average molecular weight is 1080 g/mol. The number of alkyl halides is 4. The zero-order valence-corrected chi connectivity index (χ0v) is 44.4. The molecule has 0 aromatic carbocycles. The number of ether oxygens (including phenoxy) is 2. The molecule has 2 aromatic heterocycles. The lowest BCUT2D eigenvalue weighted by Crippen LogP contribution is -2.70. The van der Waals surface area contributed by atoms with Crippen LogP contribution >= 0.6 is 24.4 Å². The molecule has 2 aromatic rings. The summed E-state index contributed by atoms with van der Waals surface area (Å²) in [6.45, 7) is 9.76. The third-order valence-electron chi connectivity index (χ3n) is 19.5. The van der Waals surface area contributed by atoms with Crippen LogP contribution in [0, 0.1) is 57.2 Å². The van der Waals surface area contributed by atoms with E-state index >= 15 is 17.6 Å². The number of thiol groups is 1. The van der Waals surface area contributed by atoms with E-state index < -0.39 is 143 Å². The van der Waals surface area contributed by atoms with Crippen LogP contribution in [0.1, 0.15) is 101 Å². The SMILES string of the molecule is C[C@@H]1CC2C3C[C@H](F)C4=CC(=O)C=C[C@]4(C)[C@@]3(F)[C@@H](O)C[C@]2(C)[C@@]1(OC(=O)c1ccco1)C(=O)S.C[C@@H]1CC2C3C[C@H](F)C4=CC(=O)C=C[C@]4(C)[C@@]3(F)[C@@H](O)C[C@]2(C)[C@@]1(OC(=O)c1ccco1)C(=O)SC(=O)N(C)C. The van der Waals surface area contributed by atoms with Gasteiger partial charge in [-0.05, 0) is 124 Å². The Morgan fingerprint density at radius 3 is 1.47 bits per heavy atom. The third-order valence-corrected chi connectivity index (χ3v) is 20.8. The monoisotopic (exact) mass is 1080 g/mol. The van der Waals surface area contributed by atoms with Crippen LogP contribution in [0.4, 0.5) is 22.4 Å². The number of furan rings is 2. The van der Waals surface area contributed by atoms with Crippen LogP contribution < -0.4 is 0 Å². The maximum Gasteiger partial charge on any atom is 0.375 e. The van der Waals surface area contributed by atoms with Crippen LogP contribution in [0.15, 0.2) is 93.2 Å². The fourth-order valence-electron chi connectivity index (χ4n) is 15.9. The molecule has 2 N–H and O–H groups in total. The fourth-order valence-corrected chi connectivity index (χ4v) is 17.4. The van der Waals surface area contributed by atoms with Gasteiger partial charge in [0.1, 0.15) is 12.3 Å². The van der Waals surface area contributed by atoms with Crippen molar-refractivity contribution in [3.8, 4) is 0 Å². The van der Waals surface area contributed by atoms with Gasteiger partial charge in [0.2, 0.25) is 21.8 Å². The number of hydrogen-bond acceptors (Lipinski definition) is 14. The summed E-state index contributed by atoms with van der Waals surface area (Å²) in [6.07, 6.45) is 2.72. The molecule has 20 heteroatoms. The van der Waals surface area contributed by atoms with Gasteiger partial charge >= 0.3 is 11.9 Å². The summed E-state index contributed by atoms with van der Waals surface area (Å²) in [5, 5.41) is 21.0. The summed E-state index contributed by atoms with van der Waals surface area (Å²) >= 11 is 4.50. The number of carbonyl (C=O) groups excluding carboxylic acids is 7. The second-order valence-electron chi connectivity index (χ2n) is 23.1. The number of halogens is 4. The van der Waals surface area contributed by atoms with Crippen molar-refractivity contribution in [1.82, 2.24) is 4.90 Å². The number of thioether (sulfide) groups is 1. The summed E-state index contributed by atoms with van der Waals surface area (Å²) in [5.41, 5.74) is -14.1. The summed E-state index contributed by atoms with van der Waals surface area (Å²) in [5.74, 6) is -7.60. The van der Waals surface area contributed by atoms with E-state index in [4.69, 9.17) is 18.3 Å². The highest BCUT2D eigenvalue weighted by atomic mass is 32.2. The van der Waals surface area contributed by atoms with Gasteiger partial charge in [0.05, 0.1) is 24.7 Å². The Morgan fingerprint density at radius 1 is 0.680 bits per heavy atom. The second-order valence-corrected chi connectivity index (χ2v) is 24.4. The smallest absolute Gasteiger partial charge is 0.375 e. The maximum absolute atomic E-state index is 17.5. The van der Waals surface area contributed by atoms with Crippen molar-refractivity contribution in [3.63, 3.8) is 0 Å². The molecule has 18 atom stereocenters. The maximum atomic E-state index is 17.5. The molecule has 0 bridgehead atoms. The first kappa shape index (κ1) is 54.7. The Morgan fingerprint density at radius 2 is 1.08 bits per heavy atom. The van der Waals surface area contributed by atoms with Gasteiger partial charge in [0.25, 0.3) is 5.24 Å². The van der Waals surface area contributed by atoms with Crippen molar-refractivity contribution in [2.45, 2.75) is 127 Å². The predicted octanol–water partition coefficient (Wildman–Crippen LogP) is 8.88. The number of carbonyl (C=O) groups is 7. The zero-order chi connectivity index (χ0) is 55.0. The molecule has 0 aliphatic heterocycles. The summed E-state index contributed by atoms with van der Waals surface area (Å²) in [7, 11) is 2.96. The molecule has 4 unspecified atom stereocenters. The number of allylic oxidation sites excluding steroid dienone is 8. The number of esters is 2. The minimum atomic E-state index is -2.36. The largest absolute Gasteiger partial charge is 0.457 e. The van der Waals surface area contributed by atoms with Gasteiger partial charge in [0.15, 0.2) is 34.1 Å². The van der Waals surface area contributed by atoms with Gasteiger partial charge in [-0.1, -0.05) is 39.8 Å². The Kier molecular flexibility index (Phi) is 13.3. The van der Waals surface area contributed by atoms with Crippen LogP contribution in [-0.2, 0) is 28.7 Å². The minimum Gasteiger partial charge on any atom is -0.457 e. The topological polar surface area (TPSA) is 208 Å². The molecule has 75 heavy (non-hydrogen) atoms. The number of amides is 1. The number of aliphatic hydroxyl groups excluding tert-OH is 2. The Labute approximate surface area is 440 Å². The summed E-state index contributed by atoms with van der Waals surface area (Å²) < 4.78 is 88.4. The van der Waals surface area contributed by atoms with Crippen molar-refractivity contribution in [1.29, 1.82) is 0 Å². The number of fused-ring (bicyclic) bond motifs is 10. The standard InChI is InChI=1S/C29H33F2NO7S.C26H28F2O6S/c1-15-11-17-18-13-20(30)19-12-16(33)8-9-26(19,2)28(18,31)22(34)14-27(17,3)29(15,24(36)40-25(37)32(4)5)39-23(35)21-7-6-10-38-21;1-13-9-15-16-11-18(27)17-10-14(29)6-7-23(17,2)25(16,28)20(30)12-24(15,3)26(13,22(32)35)34-21(31)19-5-4-8-33-19/h6-10,12,15,17-18,20,22,34H,11,13-14H2,1-5H3;4-8,10,13,15-16,18,20,30H,9,11-12H2,1-3H3,(H,32,35)/t15-,17?,18?,20+,22+,26+,27+,28+,29+;13-,15?,16?,18+,20+,23+,24+,25+,26+/m11/s1. The van der Waals surface area contributed by atoms with Crippen molar-refractivity contribution < 1.29 is 79.6 Å². The average Bonchev–Trinajstić information content (AvgIpc) is 4.16. The van der Waals surface area contributed by atoms with E-state index in [0.717, 1.165) is 12.2 Å². The van der Waals surface area contributed by atoms with E-state index in [0.29, 0.717) is 11.8 Å². The van der Waals surface area contributed by atoms with Crippen LogP contribution in [0.2, 0.25) is 0 Å². The molecule has 0 saturated heterocycles. The summed E-state index contributed by atoms with van der Waals surface area (Å²) in [6, 6.07) is 5.77. The Balaban J connectivity index is 0.000000185. The highest BCUT2D eigenvalue weighted by molar-refractivity contribution is 8.26. The van der Waals surface area contributed by atoms with Crippen LogP contribution in [0.3, 0.4) is 0 Å². The lowest BCUT2D eigenvalue weighted by atomic mass is 9.44. The van der Waals surface area contributed by atoms with Gasteiger partial charge < -0.3 is 33.4 Å². The molecule has 8 aliphatic rings. The number of hydrogen-bond donors (Lipinski definition) is 3. The molecule has 6 fully saturated rings. The van der Waals surface area contributed by atoms with E-state index in [1.807, 2.05) is 0 Å². The molecule has 2 heterocycles. The van der Waals surface area contributed by atoms with Crippen LogP contribution in [0.5, 0.6) is 0 Å². The molecular weight excluding hydrogens is 1020 g/mol. The predicted molar refractivity (Wildman–Crippen MR) is 266 cm³/mol. The normalized spacial score (nSPS) is 43.9. The third kappa shape index (κ3) is 7.36. The van der Waals surface area contributed by atoms with Gasteiger partial charge in [-0.15, -0.1) is 12.6 Å². The minimum absolute atomic E-state index is 0.00818. The van der Waals surface area contributed by atoms with E-state index in [9.17, 15) is 43.8 Å². The van der Waals surface area contributed by atoms with Crippen molar-refractivity contribution in [2.75, 3.05) is 14.1 Å². The molecule has 0 spiro atoms. The number of aliphatic hydroxyl groups is 2. The van der Waals surface area contributed by atoms with Crippen molar-refractivity contribution in [3.05, 3.63) is 95.9 Å². The number of ketones is 2. The molecule has 14 nitrogen and oxygen atoms in total. The Bertz CT molecular complexity index is 2870. The second kappa shape index (κ2) is 18.3. The quantitative estimate of drug-likeness (QED) is 0.140. The first-order chi connectivity index (χ1) is 35.0. The lowest BCUT2D eigenvalue weighted by molar-refractivity contribution is -0.221. The van der Waals surface area contributed by atoms with E-state index in [1.54, 1.807) is 27.7 Å². The van der Waals surface area contributed by atoms with Crippen LogP contribution in [-0.4, -0.2) is 115 Å². The van der Waals surface area contributed by atoms with E-state index in [-0.39, 0.29) is 61.2 Å². The van der Waals surface area contributed by atoms with Gasteiger partial charge in [-0.25, -0.2) is 27.2 Å². The highest BCUT2D eigenvalue weighted by Crippen LogP contribution is 2.74. The van der Waals surface area contributed by atoms with Gasteiger partial charge in [-0.3, -0.25) is 24.0 Å². The van der Waals surface area contributed by atoms with Gasteiger partial charge in [-0.2, -0.15) is 0 Å². The van der Waals surface area contributed by atoms with E-state index in [2.05, 4.69) is 12.6 Å². The van der Waals surface area contributed by atoms with Crippen molar-refractivity contribution in [2.24, 2.45) is 57.2 Å². The lowest BCUT2D eigenvalue weighted by Gasteiger charge is -2.63. The first-order valence-electron chi connectivity index (χ1n) is 25.1. The molecule has 0 radical (unpaired) electrons. The molecule has 8 aliphatic carbocycles. The first-order valence-corrected chi connectivity index (χ1v) is 26.4. The van der Waals surface area contributed by atoms with E-state index in [1.165, 1.54) is 93.9 Å². The molecule has 6 saturated carbocycles. The molecule has 404 valence electrons. The molecule has 1 amide bonds.